The van der Waals surface area contributed by atoms with E-state index in [2.05, 4.69) is 25.1 Å². The Morgan fingerprint density at radius 3 is 2.50 bits per heavy atom. The Hall–Kier alpha value is -1.84. The zero-order valence-electron chi connectivity index (χ0n) is 17.8. The van der Waals surface area contributed by atoms with Gasteiger partial charge in [0, 0.05) is 0 Å². The van der Waals surface area contributed by atoms with Crippen LogP contribution in [0.5, 0.6) is 0 Å². The molecule has 4 heteroatoms. The average Bonchev–Trinajstić information content (AvgIpc) is 3.40. The van der Waals surface area contributed by atoms with Gasteiger partial charge in [0.15, 0.2) is 0 Å². The number of hydrogen-bond acceptors (Lipinski definition) is 3. The standard InChI is InChI=1S/C24H36O4/c1-19-11-12-20(9-5-4-7-13-23(2,3)22(26)27)17-21(19)10-6-8-14-24(15-16-24)28-18-25/h11-12,17-18H,4-10,13-16H2,1-3H3,(H,26,27). The third-order valence-corrected chi connectivity index (χ3v) is 6.19. The van der Waals surface area contributed by atoms with Crippen LogP contribution in [0.2, 0.25) is 0 Å². The normalized spacial score (nSPS) is 15.2. The second-order valence-electron chi connectivity index (χ2n) is 9.11. The molecule has 1 aromatic carbocycles. The minimum atomic E-state index is -0.707. The number of carboxylic acids is 1. The van der Waals surface area contributed by atoms with Crippen LogP contribution in [0.3, 0.4) is 0 Å². The van der Waals surface area contributed by atoms with Crippen molar-refractivity contribution in [2.75, 3.05) is 0 Å². The highest BCUT2D eigenvalue weighted by atomic mass is 16.5. The smallest absolute Gasteiger partial charge is 0.309 e. The van der Waals surface area contributed by atoms with Gasteiger partial charge in [-0.2, -0.15) is 0 Å². The zero-order chi connectivity index (χ0) is 20.6. The minimum absolute atomic E-state index is 0.131. The van der Waals surface area contributed by atoms with Crippen molar-refractivity contribution < 1.29 is 19.4 Å². The topological polar surface area (TPSA) is 63.6 Å². The van der Waals surface area contributed by atoms with Crippen molar-refractivity contribution in [2.24, 2.45) is 5.41 Å². The first-order chi connectivity index (χ1) is 13.3. The molecule has 4 nitrogen and oxygen atoms in total. The van der Waals surface area contributed by atoms with Gasteiger partial charge in [-0.15, -0.1) is 0 Å². The molecule has 0 saturated heterocycles. The third kappa shape index (κ3) is 6.96. The summed E-state index contributed by atoms with van der Waals surface area (Å²) in [5.74, 6) is -0.707. The molecule has 1 N–H and O–H groups in total. The summed E-state index contributed by atoms with van der Waals surface area (Å²) < 4.78 is 5.22. The molecule has 0 atom stereocenters. The number of carbonyl (C=O) groups excluding carboxylic acids is 1. The van der Waals surface area contributed by atoms with Crippen LogP contribution < -0.4 is 0 Å². The number of carbonyl (C=O) groups is 2. The number of ether oxygens (including phenoxy) is 1. The van der Waals surface area contributed by atoms with Crippen LogP contribution in [-0.4, -0.2) is 23.1 Å². The zero-order valence-corrected chi connectivity index (χ0v) is 17.8. The molecule has 156 valence electrons. The highest BCUT2D eigenvalue weighted by Gasteiger charge is 2.44. The lowest BCUT2D eigenvalue weighted by Crippen LogP contribution is -2.23. The SMILES string of the molecule is Cc1ccc(CCCCCC(C)(C)C(=O)O)cc1CCCCC1(OC=O)CC1. The van der Waals surface area contributed by atoms with E-state index in [1.165, 1.54) is 16.7 Å². The van der Waals surface area contributed by atoms with Crippen LogP contribution in [-0.2, 0) is 27.2 Å². The average molecular weight is 389 g/mol. The summed E-state index contributed by atoms with van der Waals surface area (Å²) in [5.41, 5.74) is 3.39. The summed E-state index contributed by atoms with van der Waals surface area (Å²) in [5, 5.41) is 9.17. The molecule has 0 aromatic heterocycles. The van der Waals surface area contributed by atoms with Gasteiger partial charge in [-0.3, -0.25) is 9.59 Å². The Morgan fingerprint density at radius 2 is 1.86 bits per heavy atom. The van der Waals surface area contributed by atoms with E-state index in [1.807, 2.05) is 0 Å². The number of unbranched alkanes of at least 4 members (excludes halogenated alkanes) is 3. The second-order valence-corrected chi connectivity index (χ2v) is 9.11. The summed E-state index contributed by atoms with van der Waals surface area (Å²) >= 11 is 0. The number of rotatable bonds is 14. The molecule has 0 radical (unpaired) electrons. The van der Waals surface area contributed by atoms with Gasteiger partial charge in [0.1, 0.15) is 5.60 Å². The fourth-order valence-electron chi connectivity index (χ4n) is 3.76. The van der Waals surface area contributed by atoms with Gasteiger partial charge < -0.3 is 9.84 Å². The van der Waals surface area contributed by atoms with E-state index in [9.17, 15) is 14.7 Å². The van der Waals surface area contributed by atoms with Crippen molar-refractivity contribution in [1.82, 2.24) is 0 Å². The van der Waals surface area contributed by atoms with Crippen molar-refractivity contribution in [2.45, 2.75) is 97.0 Å². The quantitative estimate of drug-likeness (QED) is 0.331. The molecule has 1 aliphatic rings. The molecule has 0 spiro atoms. The van der Waals surface area contributed by atoms with E-state index in [4.69, 9.17) is 4.74 Å². The maximum atomic E-state index is 11.2. The van der Waals surface area contributed by atoms with Crippen LogP contribution in [0.15, 0.2) is 18.2 Å². The molecule has 0 aliphatic heterocycles. The lowest BCUT2D eigenvalue weighted by molar-refractivity contribution is -0.147. The first kappa shape index (κ1) is 22.4. The van der Waals surface area contributed by atoms with Crippen molar-refractivity contribution in [3.63, 3.8) is 0 Å². The van der Waals surface area contributed by atoms with Gasteiger partial charge >= 0.3 is 5.97 Å². The first-order valence-electron chi connectivity index (χ1n) is 10.7. The predicted octanol–water partition coefficient (Wildman–Crippen LogP) is 5.63. The molecule has 0 bridgehead atoms. The summed E-state index contributed by atoms with van der Waals surface area (Å²) in [4.78, 5) is 21.7. The Balaban J connectivity index is 1.70. The Bertz CT molecular complexity index is 659. The van der Waals surface area contributed by atoms with Crippen LogP contribution in [0.4, 0.5) is 0 Å². The first-order valence-corrected chi connectivity index (χ1v) is 10.7. The highest BCUT2D eigenvalue weighted by molar-refractivity contribution is 5.73. The molecule has 0 unspecified atom stereocenters. The lowest BCUT2D eigenvalue weighted by Gasteiger charge is -2.18. The molecule has 1 aliphatic carbocycles. The fraction of sp³-hybridized carbons (Fsp3) is 0.667. The van der Waals surface area contributed by atoms with Gasteiger partial charge in [-0.05, 0) is 95.2 Å². The molecular formula is C24H36O4. The van der Waals surface area contributed by atoms with Crippen LogP contribution in [0.1, 0.15) is 88.3 Å². The Kier molecular flexibility index (Phi) is 8.09. The van der Waals surface area contributed by atoms with E-state index in [0.717, 1.165) is 70.6 Å². The van der Waals surface area contributed by atoms with Gasteiger partial charge in [0.05, 0.1) is 5.41 Å². The molecule has 0 heterocycles. The van der Waals surface area contributed by atoms with Crippen molar-refractivity contribution in [1.29, 1.82) is 0 Å². The molecule has 1 aromatic rings. The summed E-state index contributed by atoms with van der Waals surface area (Å²) in [6, 6.07) is 6.78. The number of carboxylic acid groups (broad SMARTS) is 1. The van der Waals surface area contributed by atoms with Gasteiger partial charge in [0.2, 0.25) is 0 Å². The number of hydrogen-bond donors (Lipinski definition) is 1. The molecule has 1 fully saturated rings. The summed E-state index contributed by atoms with van der Waals surface area (Å²) in [6.45, 7) is 6.38. The Morgan fingerprint density at radius 1 is 1.14 bits per heavy atom. The van der Waals surface area contributed by atoms with Gasteiger partial charge in [-0.25, -0.2) is 0 Å². The number of aryl methyl sites for hydroxylation is 3. The third-order valence-electron chi connectivity index (χ3n) is 6.19. The van der Waals surface area contributed by atoms with Gasteiger partial charge in [-0.1, -0.05) is 31.0 Å². The maximum Gasteiger partial charge on any atom is 0.309 e. The number of benzene rings is 1. The molecule has 1 saturated carbocycles. The monoisotopic (exact) mass is 388 g/mol. The van der Waals surface area contributed by atoms with Crippen molar-refractivity contribution in [3.8, 4) is 0 Å². The fourth-order valence-corrected chi connectivity index (χ4v) is 3.76. The molecule has 2 rings (SSSR count). The lowest BCUT2D eigenvalue weighted by atomic mass is 9.87. The van der Waals surface area contributed by atoms with Crippen molar-refractivity contribution >= 4 is 12.4 Å². The summed E-state index contributed by atoms with van der Waals surface area (Å²) in [7, 11) is 0. The maximum absolute atomic E-state index is 11.2. The van der Waals surface area contributed by atoms with E-state index < -0.39 is 11.4 Å². The van der Waals surface area contributed by atoms with E-state index in [-0.39, 0.29) is 5.60 Å². The van der Waals surface area contributed by atoms with E-state index in [1.54, 1.807) is 13.8 Å². The molecule has 0 amide bonds. The number of aliphatic carboxylic acids is 1. The van der Waals surface area contributed by atoms with Crippen molar-refractivity contribution in [3.05, 3.63) is 34.9 Å². The van der Waals surface area contributed by atoms with Crippen LogP contribution >= 0.6 is 0 Å². The molecule has 28 heavy (non-hydrogen) atoms. The minimum Gasteiger partial charge on any atom is -0.481 e. The largest absolute Gasteiger partial charge is 0.481 e. The highest BCUT2D eigenvalue weighted by Crippen LogP contribution is 2.43. The predicted molar refractivity (Wildman–Crippen MR) is 111 cm³/mol. The summed E-state index contributed by atoms with van der Waals surface area (Å²) in [6.07, 6.45) is 11.2. The second kappa shape index (κ2) is 10.1. The molecular weight excluding hydrogens is 352 g/mol. The Labute approximate surface area is 169 Å². The van der Waals surface area contributed by atoms with Gasteiger partial charge in [0.25, 0.3) is 6.47 Å². The van der Waals surface area contributed by atoms with Crippen LogP contribution in [0.25, 0.3) is 0 Å². The van der Waals surface area contributed by atoms with Crippen LogP contribution in [0, 0.1) is 12.3 Å². The van der Waals surface area contributed by atoms with E-state index >= 15 is 0 Å². The van der Waals surface area contributed by atoms with E-state index in [0.29, 0.717) is 6.47 Å².